The normalized spacial score (nSPS) is 37.4. The number of amides is 1. The Morgan fingerprint density at radius 2 is 1.44 bits per heavy atom. The van der Waals surface area contributed by atoms with Gasteiger partial charge in [-0.05, 0) is 75.1 Å². The highest BCUT2D eigenvalue weighted by Crippen LogP contribution is 2.91. The summed E-state index contributed by atoms with van der Waals surface area (Å²) < 4.78 is 16.1. The number of carbonyl (C=O) groups is 1. The quantitative estimate of drug-likeness (QED) is 0.133. The van der Waals surface area contributed by atoms with Gasteiger partial charge >= 0.3 is 8.56 Å². The molecular weight excluding hydrogens is 583 g/mol. The third kappa shape index (κ3) is 4.96. The first-order valence-corrected chi connectivity index (χ1v) is 23.0. The third-order valence-electron chi connectivity index (χ3n) is 12.2. The monoisotopic (exact) mass is 641 g/mol. The largest absolute Gasteiger partial charge is 0.434 e. The lowest BCUT2D eigenvalue weighted by Crippen LogP contribution is -2.61. The van der Waals surface area contributed by atoms with Crippen molar-refractivity contribution in [1.82, 2.24) is 5.32 Å². The molecule has 4 rings (SSSR count). The van der Waals surface area contributed by atoms with E-state index in [9.17, 15) is 4.79 Å². The van der Waals surface area contributed by atoms with Gasteiger partial charge in [-0.2, -0.15) is 4.79 Å². The molecule has 4 unspecified atom stereocenters. The van der Waals surface area contributed by atoms with Crippen LogP contribution in [0.5, 0.6) is 0 Å². The molecule has 1 aliphatic carbocycles. The van der Waals surface area contributed by atoms with Crippen LogP contribution in [0.3, 0.4) is 0 Å². The predicted octanol–water partition coefficient (Wildman–Crippen LogP) is 9.37. The van der Waals surface area contributed by atoms with E-state index >= 15 is 0 Å². The molecule has 9 heteroatoms. The lowest BCUT2D eigenvalue weighted by Gasteiger charge is -2.63. The van der Waals surface area contributed by atoms with Crippen LogP contribution < -0.4 is 5.32 Å². The number of nitrogens with one attached hydrogen (secondary N) is 1. The van der Waals surface area contributed by atoms with Crippen LogP contribution >= 0.6 is 0 Å². The van der Waals surface area contributed by atoms with Crippen molar-refractivity contribution in [3.8, 4) is 0 Å². The number of hydrogen-bond donors (Lipinski definition) is 1. The predicted molar refractivity (Wildman–Crippen MR) is 185 cm³/mol. The minimum Gasteiger partial charge on any atom is -0.434 e. The van der Waals surface area contributed by atoms with Crippen LogP contribution in [0.25, 0.3) is 5.53 Å². The molecule has 0 spiro atoms. The molecule has 1 aromatic carbocycles. The van der Waals surface area contributed by atoms with Crippen molar-refractivity contribution in [2.24, 2.45) is 10.8 Å². The Labute approximate surface area is 265 Å². The zero-order chi connectivity index (χ0) is 32.5. The highest BCUT2D eigenvalue weighted by atomic mass is 28.5. The average molecular weight is 642 g/mol. The van der Waals surface area contributed by atoms with Gasteiger partial charge in [0, 0.05) is 10.6 Å². The van der Waals surface area contributed by atoms with Crippen LogP contribution in [0, 0.1) is 10.8 Å². The van der Waals surface area contributed by atoms with Crippen molar-refractivity contribution in [3.63, 3.8) is 0 Å². The zero-order valence-electron chi connectivity index (χ0n) is 29.4. The summed E-state index contributed by atoms with van der Waals surface area (Å²) in [5.41, 5.74) is 11.4. The molecule has 4 atom stereocenters. The minimum absolute atomic E-state index is 0.0461. The molecule has 1 saturated carbocycles. The second-order valence-electron chi connectivity index (χ2n) is 17.7. The summed E-state index contributed by atoms with van der Waals surface area (Å²) in [5.74, 6) is -0.121. The number of carbonyl (C=O) groups excluding carboxylic acids is 1. The van der Waals surface area contributed by atoms with Crippen molar-refractivity contribution in [2.45, 2.75) is 148 Å². The van der Waals surface area contributed by atoms with E-state index in [1.165, 1.54) is 25.5 Å². The first-order valence-electron chi connectivity index (χ1n) is 16.6. The Hall–Kier alpha value is -1.36. The van der Waals surface area contributed by atoms with Crippen LogP contribution in [0.4, 0.5) is 0 Å². The minimum atomic E-state index is -3.06. The number of hydrogen-bond acceptors (Lipinski definition) is 3. The summed E-state index contributed by atoms with van der Waals surface area (Å²) in [5, 5.41) is 3.39. The number of nitrogens with zero attached hydrogens (tertiary/aromatic N) is 2. The van der Waals surface area contributed by atoms with Crippen LogP contribution in [0.1, 0.15) is 125 Å². The maximum absolute atomic E-state index is 13.8. The lowest BCUT2D eigenvalue weighted by molar-refractivity contribution is 0.00456. The molecule has 2 aliphatic heterocycles. The Morgan fingerprint density at radius 3 is 1.86 bits per heavy atom. The molecule has 1 amide bonds. The molecule has 240 valence electrons. The lowest BCUT2D eigenvalue weighted by atomic mass is 9.71. The van der Waals surface area contributed by atoms with Crippen LogP contribution in [0.2, 0.25) is 38.3 Å². The molecule has 43 heavy (non-hydrogen) atoms. The Kier molecular flexibility index (Phi) is 8.73. The molecule has 0 bridgehead atoms. The average Bonchev–Trinajstić information content (AvgIpc) is 3.14. The summed E-state index contributed by atoms with van der Waals surface area (Å²) in [6.45, 7) is 31.7. The highest BCUT2D eigenvalue weighted by molar-refractivity contribution is 7.03. The van der Waals surface area contributed by atoms with Crippen LogP contribution in [0.15, 0.2) is 24.3 Å². The molecule has 1 aromatic rings. The second-order valence-corrected chi connectivity index (χ2v) is 31.0. The summed E-state index contributed by atoms with van der Waals surface area (Å²) in [4.78, 5) is 17.0. The highest BCUT2D eigenvalue weighted by Gasteiger charge is 2.91. The molecule has 0 aromatic heterocycles. The molecule has 2 saturated heterocycles. The van der Waals surface area contributed by atoms with E-state index in [0.29, 0.717) is 28.4 Å². The van der Waals surface area contributed by atoms with Gasteiger partial charge in [0.25, 0.3) is 12.1 Å². The summed E-state index contributed by atoms with van der Waals surface area (Å²) in [7, 11) is -7.94. The van der Waals surface area contributed by atoms with E-state index in [2.05, 4.69) is 100 Å². The Bertz CT molecular complexity index is 1250. The van der Waals surface area contributed by atoms with Gasteiger partial charge in [-0.15, -0.1) is 0 Å². The van der Waals surface area contributed by atoms with Gasteiger partial charge in [-0.3, -0.25) is 4.79 Å². The maximum Gasteiger partial charge on any atom is 0.344 e. The van der Waals surface area contributed by atoms with E-state index in [-0.39, 0.29) is 31.9 Å². The molecule has 0 radical (unpaired) electrons. The number of benzene rings is 1. The van der Waals surface area contributed by atoms with Crippen LogP contribution in [-0.4, -0.2) is 48.3 Å². The van der Waals surface area contributed by atoms with Crippen molar-refractivity contribution in [3.05, 3.63) is 40.9 Å². The standard InChI is InChI=1S/C34H59N3O3Si3/c1-25(2)41(22-30(5,6)7)32(11)18-15-19-33(12)34(32,13)43(39-41,40-42(33,26(3)4)23-31(8,9)10)24-36-29(38)28-17-14-16-27(20-28)21-37-35/h14,16-17,20-21,25-26H,15,18-19,22-24H2,1-13H3,(H,36,38). The van der Waals surface area contributed by atoms with Gasteiger partial charge in [0.05, 0.1) is 11.7 Å². The van der Waals surface area contributed by atoms with Gasteiger partial charge in [-0.25, -0.2) is 0 Å². The van der Waals surface area contributed by atoms with Crippen molar-refractivity contribution in [1.29, 1.82) is 0 Å². The zero-order valence-corrected chi connectivity index (χ0v) is 32.4. The molecule has 6 nitrogen and oxygen atoms in total. The van der Waals surface area contributed by atoms with Gasteiger partial charge in [0.2, 0.25) is 0 Å². The summed E-state index contributed by atoms with van der Waals surface area (Å²) >= 11 is 0. The van der Waals surface area contributed by atoms with E-state index in [4.69, 9.17) is 13.8 Å². The fourth-order valence-electron chi connectivity index (χ4n) is 10.4. The van der Waals surface area contributed by atoms with E-state index < -0.39 is 25.2 Å². The smallest absolute Gasteiger partial charge is 0.344 e. The Balaban J connectivity index is 1.94. The van der Waals surface area contributed by atoms with Gasteiger partial charge in [0.1, 0.15) is 0 Å². The fraction of sp³-hybridized carbons (Fsp3) is 0.765. The third-order valence-corrected chi connectivity index (χ3v) is 33.6. The molecule has 3 fully saturated rings. The van der Waals surface area contributed by atoms with Gasteiger partial charge < -0.3 is 19.1 Å². The van der Waals surface area contributed by atoms with Crippen molar-refractivity contribution >= 4 is 37.3 Å². The molecule has 3 aliphatic rings. The summed E-state index contributed by atoms with van der Waals surface area (Å²) in [6, 6.07) is 9.46. The van der Waals surface area contributed by atoms with Gasteiger partial charge in [0.15, 0.2) is 16.6 Å². The SMILES string of the molecule is CC(C)[Si]1(CC(C)(C)C)O[Si]2(CNC(=O)c3cccc(C=[N+]=[N-])c3)O[Si](CC(C)(C)C)(C(C)C)C3(C)CCCC1(C)C32C. The Morgan fingerprint density at radius 1 is 0.953 bits per heavy atom. The van der Waals surface area contributed by atoms with E-state index in [0.717, 1.165) is 12.1 Å². The topological polar surface area (TPSA) is 84.0 Å². The van der Waals surface area contributed by atoms with Crippen molar-refractivity contribution in [2.75, 3.05) is 6.17 Å². The van der Waals surface area contributed by atoms with Crippen LogP contribution in [-0.2, 0) is 8.23 Å². The van der Waals surface area contributed by atoms with Gasteiger partial charge in [-0.1, -0.05) is 102 Å². The molecular formula is C34H59N3O3Si3. The second kappa shape index (κ2) is 10.9. The van der Waals surface area contributed by atoms with E-state index in [1.807, 2.05) is 18.2 Å². The van der Waals surface area contributed by atoms with E-state index in [1.54, 1.807) is 6.07 Å². The maximum atomic E-state index is 13.8. The fourth-order valence-corrected chi connectivity index (χ4v) is 38.1. The first kappa shape index (κ1) is 34.5. The van der Waals surface area contributed by atoms with Crippen molar-refractivity contribution < 1.29 is 17.8 Å². The summed E-state index contributed by atoms with van der Waals surface area (Å²) in [6.07, 6.45) is 5.43. The first-order chi connectivity index (χ1) is 19.6. The molecule has 1 N–H and O–H groups in total. The molecule has 2 heterocycles. The number of rotatable bonds is 8.